The smallest absolute Gasteiger partial charge is 0.331 e. The Balaban J connectivity index is 0.859. The van der Waals surface area contributed by atoms with Gasteiger partial charge in [-0.2, -0.15) is 0 Å². The van der Waals surface area contributed by atoms with Gasteiger partial charge in [-0.15, -0.1) is 0 Å². The molecule has 9 rings (SSSR count). The van der Waals surface area contributed by atoms with Gasteiger partial charge in [0.2, 0.25) is 0 Å². The van der Waals surface area contributed by atoms with Gasteiger partial charge >= 0.3 is 11.9 Å². The first-order valence-electron chi connectivity index (χ1n) is 22.9. The lowest BCUT2D eigenvalue weighted by molar-refractivity contribution is -0.367. The van der Waals surface area contributed by atoms with Gasteiger partial charge in [0, 0.05) is 25.5 Å². The normalized spacial score (nSPS) is 54.5. The molecule has 8 fully saturated rings. The van der Waals surface area contributed by atoms with Crippen molar-refractivity contribution in [2.24, 2.45) is 28.6 Å². The number of fused-ring (bicyclic) bond motifs is 3. The zero-order valence-electron chi connectivity index (χ0n) is 36.9. The fourth-order valence-electron chi connectivity index (χ4n) is 13.7. The molecule has 362 valence electrons. The fraction of sp³-hybridized carbons (Fsp3) is 0.909. The third kappa shape index (κ3) is 7.32. The highest BCUT2D eigenvalue weighted by molar-refractivity contribution is 5.85. The van der Waals surface area contributed by atoms with E-state index in [2.05, 4.69) is 13.8 Å². The lowest BCUT2D eigenvalue weighted by Gasteiger charge is -2.62. The minimum atomic E-state index is -1.81. The molecule has 4 saturated heterocycles. The average molecular weight is 915 g/mol. The third-order valence-corrected chi connectivity index (χ3v) is 17.2. The average Bonchev–Trinajstić information content (AvgIpc) is 3.70. The Morgan fingerprint density at radius 1 is 0.812 bits per heavy atom. The van der Waals surface area contributed by atoms with Crippen LogP contribution in [0, 0.1) is 28.6 Å². The minimum Gasteiger partial charge on any atom is -0.458 e. The van der Waals surface area contributed by atoms with Crippen molar-refractivity contribution in [1.82, 2.24) is 0 Å². The summed E-state index contributed by atoms with van der Waals surface area (Å²) < 4.78 is 60.0. The SMILES string of the molecule is CO[C@@H]1[C@H](OC(C)=O)[C@@H](O[C@H]2CC[C@]3(C)[C@H](C2)C[C@H]2O[C@@]24[C@@H]3CC[C@]2(C)[C@@H](C3=CC(=O)OC3)CC[C@@]42O)O[C@H](C)[C@@H]1O[C@@H]1O[C@H](CO[C@@H]2O[C@H](CO)[C@@H](O)[C@H](O)[C@@H]2O)[C@@H](O)[C@H](O)[C@H]1O. The third-order valence-electron chi connectivity index (χ3n) is 17.2. The van der Waals surface area contributed by atoms with Crippen LogP contribution in [0.2, 0.25) is 0 Å². The second kappa shape index (κ2) is 17.2. The Bertz CT molecular complexity index is 1780. The van der Waals surface area contributed by atoms with Crippen molar-refractivity contribution in [1.29, 1.82) is 0 Å². The highest BCUT2D eigenvalue weighted by atomic mass is 16.8. The number of carbonyl (C=O) groups excluding carboxylic acids is 2. The van der Waals surface area contributed by atoms with Gasteiger partial charge in [-0.3, -0.25) is 4.79 Å². The van der Waals surface area contributed by atoms with Crippen LogP contribution in [0.3, 0.4) is 0 Å². The molecule has 4 aliphatic carbocycles. The monoisotopic (exact) mass is 914 g/mol. The molecule has 0 radical (unpaired) electrons. The molecular weight excluding hydrogens is 848 g/mol. The zero-order chi connectivity index (χ0) is 45.8. The molecule has 5 heterocycles. The number of ether oxygens (including phenoxy) is 10. The second-order valence-corrected chi connectivity index (χ2v) is 20.3. The lowest BCUT2D eigenvalue weighted by atomic mass is 9.43. The standard InChI is InChI=1S/C44H66O20/c1-18-35(63-39-34(53)32(51)30(49)25(62-39)17-57-38-33(52)31(50)29(48)24(15-45)61-38)36(55-5)37(59-19(2)46)40(58-18)60-22-6-9-41(3)21(13-22)14-27-44(64-27)26(41)8-10-42(4)23(7-11-43(42,44)54)20-12-28(47)56-16-20/h12,18,21-27,29-40,45,48-54H,6-11,13-17H2,1-5H3/t18-,21-,22+,23-,24-,25-,26-,27-,29-,30-,31+,32+,33+,34-,35+,36+,37+,38-,39+,40-,41-,42-,43+,44+/m1/s1. The van der Waals surface area contributed by atoms with Gasteiger partial charge in [-0.25, -0.2) is 4.79 Å². The molecule has 1 spiro atoms. The van der Waals surface area contributed by atoms with Crippen molar-refractivity contribution < 1.29 is 97.8 Å². The summed E-state index contributed by atoms with van der Waals surface area (Å²) in [6.07, 6.45) is -14.2. The van der Waals surface area contributed by atoms with Gasteiger partial charge in [-0.05, 0) is 87.0 Å². The van der Waals surface area contributed by atoms with E-state index in [0.29, 0.717) is 19.3 Å². The summed E-state index contributed by atoms with van der Waals surface area (Å²) in [6, 6.07) is 0. The van der Waals surface area contributed by atoms with Crippen LogP contribution in [0.25, 0.3) is 0 Å². The van der Waals surface area contributed by atoms with E-state index in [1.165, 1.54) is 14.0 Å². The zero-order valence-corrected chi connectivity index (χ0v) is 36.9. The largest absolute Gasteiger partial charge is 0.458 e. The number of carbonyl (C=O) groups is 2. The van der Waals surface area contributed by atoms with Gasteiger partial charge in [-0.1, -0.05) is 13.8 Å². The van der Waals surface area contributed by atoms with Crippen molar-refractivity contribution in [2.75, 3.05) is 26.9 Å². The predicted octanol–water partition coefficient (Wildman–Crippen LogP) is -1.54. The molecule has 8 N–H and O–H groups in total. The molecule has 24 atom stereocenters. The first kappa shape index (κ1) is 47.1. The Morgan fingerprint density at radius 3 is 2.19 bits per heavy atom. The molecule has 20 heteroatoms. The number of aliphatic hydroxyl groups excluding tert-OH is 7. The van der Waals surface area contributed by atoms with E-state index in [4.69, 9.17) is 47.4 Å². The van der Waals surface area contributed by atoms with Gasteiger partial charge in [0.15, 0.2) is 25.0 Å². The van der Waals surface area contributed by atoms with Crippen LogP contribution < -0.4 is 0 Å². The summed E-state index contributed by atoms with van der Waals surface area (Å²) in [7, 11) is 1.39. The van der Waals surface area contributed by atoms with Gasteiger partial charge in [0.05, 0.1) is 31.5 Å². The van der Waals surface area contributed by atoms with Gasteiger partial charge in [0.25, 0.3) is 0 Å². The van der Waals surface area contributed by atoms with Crippen molar-refractivity contribution in [2.45, 2.75) is 195 Å². The number of hydrogen-bond acceptors (Lipinski definition) is 20. The fourth-order valence-corrected chi connectivity index (χ4v) is 13.7. The Hall–Kier alpha value is -1.96. The predicted molar refractivity (Wildman–Crippen MR) is 212 cm³/mol. The van der Waals surface area contributed by atoms with E-state index in [9.17, 15) is 50.4 Å². The molecule has 0 unspecified atom stereocenters. The summed E-state index contributed by atoms with van der Waals surface area (Å²) >= 11 is 0. The van der Waals surface area contributed by atoms with E-state index in [0.717, 1.165) is 37.7 Å². The van der Waals surface area contributed by atoms with Crippen molar-refractivity contribution in [3.05, 3.63) is 11.6 Å². The number of esters is 2. The summed E-state index contributed by atoms with van der Waals surface area (Å²) in [5, 5.41) is 85.8. The molecule has 4 saturated carbocycles. The van der Waals surface area contributed by atoms with Crippen LogP contribution in [-0.2, 0) is 57.0 Å². The maximum Gasteiger partial charge on any atom is 0.331 e. The van der Waals surface area contributed by atoms with E-state index in [1.54, 1.807) is 13.0 Å². The molecule has 0 aromatic carbocycles. The number of aliphatic hydroxyl groups is 8. The Labute approximate surface area is 371 Å². The Kier molecular flexibility index (Phi) is 12.7. The number of cyclic esters (lactones) is 1. The molecule has 0 amide bonds. The van der Waals surface area contributed by atoms with Crippen molar-refractivity contribution in [3.63, 3.8) is 0 Å². The summed E-state index contributed by atoms with van der Waals surface area (Å²) in [6.45, 7) is 6.46. The topological polar surface area (TPSA) is 292 Å². The van der Waals surface area contributed by atoms with Gasteiger partial charge in [0.1, 0.15) is 78.8 Å². The van der Waals surface area contributed by atoms with E-state index in [1.807, 2.05) is 0 Å². The molecule has 0 aromatic rings. The molecule has 0 bridgehead atoms. The summed E-state index contributed by atoms with van der Waals surface area (Å²) in [4.78, 5) is 24.7. The molecule has 5 aliphatic heterocycles. The lowest BCUT2D eigenvalue weighted by Crippen LogP contribution is -2.68. The molecule has 20 nitrogen and oxygen atoms in total. The second-order valence-electron chi connectivity index (χ2n) is 20.3. The van der Waals surface area contributed by atoms with Crippen LogP contribution in [0.5, 0.6) is 0 Å². The highest BCUT2D eigenvalue weighted by Gasteiger charge is 2.84. The van der Waals surface area contributed by atoms with Crippen molar-refractivity contribution in [3.8, 4) is 0 Å². The number of epoxide rings is 1. The van der Waals surface area contributed by atoms with E-state index in [-0.39, 0.29) is 48.0 Å². The van der Waals surface area contributed by atoms with Crippen LogP contribution in [-0.4, -0.2) is 195 Å². The molecule has 9 aliphatic rings. The minimum absolute atomic E-state index is 0.0483. The highest BCUT2D eigenvalue weighted by Crippen LogP contribution is 2.77. The molecule has 0 aromatic heterocycles. The summed E-state index contributed by atoms with van der Waals surface area (Å²) in [5.74, 6) is -0.576. The van der Waals surface area contributed by atoms with Crippen molar-refractivity contribution >= 4 is 11.9 Å². The van der Waals surface area contributed by atoms with Gasteiger partial charge < -0.3 is 88.2 Å². The quantitative estimate of drug-likeness (QED) is 0.0662. The molecule has 64 heavy (non-hydrogen) atoms. The first-order valence-corrected chi connectivity index (χ1v) is 22.9. The summed E-state index contributed by atoms with van der Waals surface area (Å²) in [5.41, 5.74) is -1.31. The number of methoxy groups -OCH3 is 1. The van der Waals surface area contributed by atoms with Crippen LogP contribution >= 0.6 is 0 Å². The number of hydrogen-bond donors (Lipinski definition) is 8. The molecular formula is C44H66O20. The van der Waals surface area contributed by atoms with E-state index < -0.39 is 128 Å². The first-order chi connectivity index (χ1) is 30.3. The Morgan fingerprint density at radius 2 is 1.52 bits per heavy atom. The van der Waals surface area contributed by atoms with Crippen LogP contribution in [0.1, 0.15) is 79.1 Å². The van der Waals surface area contributed by atoms with E-state index >= 15 is 0 Å². The van der Waals surface area contributed by atoms with Crippen LogP contribution in [0.4, 0.5) is 0 Å². The maximum absolute atomic E-state index is 12.8. The number of rotatable bonds is 11. The maximum atomic E-state index is 12.8. The van der Waals surface area contributed by atoms with Crippen LogP contribution in [0.15, 0.2) is 11.6 Å².